The van der Waals surface area contributed by atoms with E-state index in [1.165, 1.54) is 12.4 Å². The SMILES string of the molecule is CC(c1ccccc1)c1nccn1C(=O)O. The Morgan fingerprint density at radius 2 is 2.06 bits per heavy atom. The smallest absolute Gasteiger partial charge is 0.417 e. The van der Waals surface area contributed by atoms with Gasteiger partial charge in [-0.2, -0.15) is 0 Å². The number of hydrogen-bond acceptors (Lipinski definition) is 2. The zero-order valence-electron chi connectivity index (χ0n) is 8.87. The number of benzene rings is 1. The van der Waals surface area contributed by atoms with E-state index in [-0.39, 0.29) is 5.92 Å². The topological polar surface area (TPSA) is 55.1 Å². The van der Waals surface area contributed by atoms with Crippen LogP contribution in [0.5, 0.6) is 0 Å². The summed E-state index contributed by atoms with van der Waals surface area (Å²) in [5.41, 5.74) is 1.05. The highest BCUT2D eigenvalue weighted by atomic mass is 16.4. The van der Waals surface area contributed by atoms with Crippen LogP contribution in [-0.4, -0.2) is 20.8 Å². The van der Waals surface area contributed by atoms with E-state index < -0.39 is 6.09 Å². The number of rotatable bonds is 2. The van der Waals surface area contributed by atoms with Crippen molar-refractivity contribution in [3.8, 4) is 0 Å². The van der Waals surface area contributed by atoms with E-state index in [4.69, 9.17) is 5.11 Å². The lowest BCUT2D eigenvalue weighted by atomic mass is 10.0. The molecule has 0 amide bonds. The normalized spacial score (nSPS) is 12.3. The van der Waals surface area contributed by atoms with Crippen molar-refractivity contribution in [1.29, 1.82) is 0 Å². The van der Waals surface area contributed by atoms with Gasteiger partial charge in [0.05, 0.1) is 0 Å². The quantitative estimate of drug-likeness (QED) is 0.839. The van der Waals surface area contributed by atoms with E-state index in [0.29, 0.717) is 5.82 Å². The fraction of sp³-hybridized carbons (Fsp3) is 0.167. The largest absolute Gasteiger partial charge is 0.464 e. The summed E-state index contributed by atoms with van der Waals surface area (Å²) in [6.45, 7) is 1.94. The molecule has 1 heterocycles. The minimum absolute atomic E-state index is 0.0349. The molecule has 0 aliphatic rings. The molecule has 2 aromatic rings. The summed E-state index contributed by atoms with van der Waals surface area (Å²) in [6, 6.07) is 9.72. The van der Waals surface area contributed by atoms with Gasteiger partial charge in [-0.15, -0.1) is 0 Å². The molecule has 1 atom stereocenters. The molecule has 1 aromatic heterocycles. The lowest BCUT2D eigenvalue weighted by molar-refractivity contribution is 0.195. The number of aromatic nitrogens is 2. The Morgan fingerprint density at radius 3 is 2.69 bits per heavy atom. The van der Waals surface area contributed by atoms with Crippen LogP contribution in [0.25, 0.3) is 0 Å². The Hall–Kier alpha value is -2.10. The molecule has 4 heteroatoms. The molecule has 16 heavy (non-hydrogen) atoms. The van der Waals surface area contributed by atoms with Crippen LogP contribution in [0.1, 0.15) is 24.2 Å². The van der Waals surface area contributed by atoms with Gasteiger partial charge in [0.2, 0.25) is 0 Å². The van der Waals surface area contributed by atoms with Crippen LogP contribution in [-0.2, 0) is 0 Å². The monoisotopic (exact) mass is 216 g/mol. The third kappa shape index (κ3) is 1.82. The summed E-state index contributed by atoms with van der Waals surface area (Å²) in [6.07, 6.45) is 1.95. The maximum absolute atomic E-state index is 10.9. The number of hydrogen-bond donors (Lipinski definition) is 1. The molecule has 0 spiro atoms. The Balaban J connectivity index is 2.38. The molecule has 1 N–H and O–H groups in total. The minimum atomic E-state index is -1.00. The highest BCUT2D eigenvalue weighted by molar-refractivity contribution is 5.68. The first-order chi connectivity index (χ1) is 7.70. The maximum Gasteiger partial charge on any atom is 0.417 e. The predicted molar refractivity (Wildman–Crippen MR) is 59.6 cm³/mol. The summed E-state index contributed by atoms with van der Waals surface area (Å²) in [5.74, 6) is 0.506. The molecule has 1 aromatic carbocycles. The van der Waals surface area contributed by atoms with Crippen LogP contribution in [0.2, 0.25) is 0 Å². The Bertz CT molecular complexity index is 491. The van der Waals surface area contributed by atoms with Gasteiger partial charge in [-0.1, -0.05) is 37.3 Å². The molecule has 0 bridgehead atoms. The second-order valence-corrected chi connectivity index (χ2v) is 3.57. The molecule has 0 radical (unpaired) electrons. The van der Waals surface area contributed by atoms with Crippen LogP contribution in [0.15, 0.2) is 42.7 Å². The number of nitrogens with zero attached hydrogens (tertiary/aromatic N) is 2. The van der Waals surface area contributed by atoms with E-state index in [0.717, 1.165) is 10.1 Å². The van der Waals surface area contributed by atoms with Crippen LogP contribution in [0, 0.1) is 0 Å². The van der Waals surface area contributed by atoms with Gasteiger partial charge >= 0.3 is 6.09 Å². The highest BCUT2D eigenvalue weighted by Gasteiger charge is 2.16. The van der Waals surface area contributed by atoms with Crippen molar-refractivity contribution in [2.24, 2.45) is 0 Å². The third-order valence-corrected chi connectivity index (χ3v) is 2.56. The summed E-state index contributed by atoms with van der Waals surface area (Å²) in [7, 11) is 0. The Labute approximate surface area is 93.2 Å². The van der Waals surface area contributed by atoms with Crippen molar-refractivity contribution in [1.82, 2.24) is 9.55 Å². The Kier molecular flexibility index (Phi) is 2.72. The average Bonchev–Trinajstić information content (AvgIpc) is 2.78. The molecule has 0 aliphatic carbocycles. The first-order valence-electron chi connectivity index (χ1n) is 5.01. The number of carbonyl (C=O) groups is 1. The predicted octanol–water partition coefficient (Wildman–Crippen LogP) is 2.56. The van der Waals surface area contributed by atoms with Gasteiger partial charge in [-0.25, -0.2) is 14.3 Å². The van der Waals surface area contributed by atoms with Crippen molar-refractivity contribution in [3.05, 3.63) is 54.1 Å². The van der Waals surface area contributed by atoms with Crippen molar-refractivity contribution in [2.45, 2.75) is 12.8 Å². The lowest BCUT2D eigenvalue weighted by Crippen LogP contribution is -2.13. The van der Waals surface area contributed by atoms with Gasteiger partial charge in [0, 0.05) is 18.3 Å². The van der Waals surface area contributed by atoms with Crippen LogP contribution in [0.3, 0.4) is 0 Å². The molecule has 4 nitrogen and oxygen atoms in total. The zero-order chi connectivity index (χ0) is 11.5. The molecule has 2 rings (SSSR count). The van der Waals surface area contributed by atoms with E-state index in [9.17, 15) is 4.79 Å². The second kappa shape index (κ2) is 4.18. The zero-order valence-corrected chi connectivity index (χ0v) is 8.87. The second-order valence-electron chi connectivity index (χ2n) is 3.57. The summed E-state index contributed by atoms with van der Waals surface area (Å²) in [5, 5.41) is 8.97. The standard InChI is InChI=1S/C12H12N2O2/c1-9(10-5-3-2-4-6-10)11-13-7-8-14(11)12(15)16/h2-9H,1H3,(H,15,16). The maximum atomic E-state index is 10.9. The van der Waals surface area contributed by atoms with Gasteiger partial charge in [0.1, 0.15) is 5.82 Å². The van der Waals surface area contributed by atoms with Crippen LogP contribution < -0.4 is 0 Å². The van der Waals surface area contributed by atoms with Crippen molar-refractivity contribution >= 4 is 6.09 Å². The van der Waals surface area contributed by atoms with Gasteiger partial charge in [0.25, 0.3) is 0 Å². The summed E-state index contributed by atoms with van der Waals surface area (Å²) in [4.78, 5) is 15.0. The molecule has 0 aliphatic heterocycles. The van der Waals surface area contributed by atoms with Crippen LogP contribution in [0.4, 0.5) is 4.79 Å². The lowest BCUT2D eigenvalue weighted by Gasteiger charge is -2.11. The summed E-state index contributed by atoms with van der Waals surface area (Å²) >= 11 is 0. The van der Waals surface area contributed by atoms with E-state index >= 15 is 0 Å². The molecule has 82 valence electrons. The molecule has 1 unspecified atom stereocenters. The fourth-order valence-electron chi connectivity index (χ4n) is 1.69. The summed E-state index contributed by atoms with van der Waals surface area (Å²) < 4.78 is 1.15. The van der Waals surface area contributed by atoms with Gasteiger partial charge in [-0.3, -0.25) is 0 Å². The van der Waals surface area contributed by atoms with Crippen molar-refractivity contribution in [3.63, 3.8) is 0 Å². The average molecular weight is 216 g/mol. The van der Waals surface area contributed by atoms with Crippen molar-refractivity contribution < 1.29 is 9.90 Å². The number of carboxylic acid groups (broad SMARTS) is 1. The highest BCUT2D eigenvalue weighted by Crippen LogP contribution is 2.22. The molecular formula is C12H12N2O2. The van der Waals surface area contributed by atoms with Crippen molar-refractivity contribution in [2.75, 3.05) is 0 Å². The molecule has 0 saturated carbocycles. The molecule has 0 saturated heterocycles. The van der Waals surface area contributed by atoms with Gasteiger partial charge in [0.15, 0.2) is 0 Å². The third-order valence-electron chi connectivity index (χ3n) is 2.56. The molecular weight excluding hydrogens is 204 g/mol. The van der Waals surface area contributed by atoms with Gasteiger partial charge < -0.3 is 5.11 Å². The first-order valence-corrected chi connectivity index (χ1v) is 5.01. The molecule has 0 fully saturated rings. The fourth-order valence-corrected chi connectivity index (χ4v) is 1.69. The number of imidazole rings is 1. The van der Waals surface area contributed by atoms with E-state index in [1.807, 2.05) is 37.3 Å². The van der Waals surface area contributed by atoms with Crippen LogP contribution >= 0.6 is 0 Å². The first kappa shape index (κ1) is 10.4. The van der Waals surface area contributed by atoms with E-state index in [2.05, 4.69) is 4.98 Å². The van der Waals surface area contributed by atoms with E-state index in [1.54, 1.807) is 0 Å². The Morgan fingerprint density at radius 1 is 1.38 bits per heavy atom. The van der Waals surface area contributed by atoms with Gasteiger partial charge in [-0.05, 0) is 5.56 Å². The minimum Gasteiger partial charge on any atom is -0.464 e.